The van der Waals surface area contributed by atoms with Gasteiger partial charge in [-0.05, 0) is 30.7 Å². The normalized spacial score (nSPS) is 12.2. The van der Waals surface area contributed by atoms with Crippen LogP contribution in [0.5, 0.6) is 5.75 Å². The molecule has 0 aliphatic carbocycles. The Labute approximate surface area is 101 Å². The van der Waals surface area contributed by atoms with Crippen molar-refractivity contribution in [3.05, 3.63) is 48.3 Å². The van der Waals surface area contributed by atoms with E-state index in [1.165, 1.54) is 0 Å². The summed E-state index contributed by atoms with van der Waals surface area (Å²) in [6, 6.07) is 9.92. The monoisotopic (exact) mass is 228 g/mol. The van der Waals surface area contributed by atoms with Crippen molar-refractivity contribution in [2.45, 2.75) is 13.0 Å². The number of hydrogen-bond donors (Lipinski definition) is 1. The molecule has 17 heavy (non-hydrogen) atoms. The summed E-state index contributed by atoms with van der Waals surface area (Å²) in [6.07, 6.45) is 3.58. The molecule has 0 aliphatic rings. The molecule has 0 amide bonds. The zero-order chi connectivity index (χ0) is 12.3. The lowest BCUT2D eigenvalue weighted by Gasteiger charge is -2.12. The zero-order valence-corrected chi connectivity index (χ0v) is 10.1. The van der Waals surface area contributed by atoms with Gasteiger partial charge in [-0.15, -0.1) is 0 Å². The predicted octanol–water partition coefficient (Wildman–Crippen LogP) is 2.78. The summed E-state index contributed by atoms with van der Waals surface area (Å²) in [4.78, 5) is 4.12. The van der Waals surface area contributed by atoms with Gasteiger partial charge < -0.3 is 10.5 Å². The Balaban J connectivity index is 2.54. The van der Waals surface area contributed by atoms with Gasteiger partial charge in [-0.3, -0.25) is 4.98 Å². The summed E-state index contributed by atoms with van der Waals surface area (Å²) in [5.74, 6) is 0.836. The number of aromatic nitrogens is 1. The fourth-order valence-corrected chi connectivity index (χ4v) is 1.76. The molecular weight excluding hydrogens is 212 g/mol. The summed E-state index contributed by atoms with van der Waals surface area (Å²) in [6.45, 7) is 1.97. The Morgan fingerprint density at radius 3 is 2.71 bits per heavy atom. The average molecular weight is 228 g/mol. The Hall–Kier alpha value is -1.87. The number of rotatable bonds is 3. The fraction of sp³-hybridized carbons (Fsp3) is 0.214. The summed E-state index contributed by atoms with van der Waals surface area (Å²) in [5.41, 5.74) is 9.04. The molecular formula is C14H16N2O. The van der Waals surface area contributed by atoms with Crippen molar-refractivity contribution in [3.8, 4) is 16.9 Å². The minimum atomic E-state index is 0.0105. The molecule has 1 aromatic carbocycles. The smallest absolute Gasteiger partial charge is 0.126 e. The van der Waals surface area contributed by atoms with Crippen LogP contribution >= 0.6 is 0 Å². The van der Waals surface area contributed by atoms with Crippen LogP contribution in [0.3, 0.4) is 0 Å². The van der Waals surface area contributed by atoms with Crippen LogP contribution in [-0.2, 0) is 0 Å². The maximum Gasteiger partial charge on any atom is 0.126 e. The predicted molar refractivity (Wildman–Crippen MR) is 68.8 cm³/mol. The first-order valence-corrected chi connectivity index (χ1v) is 5.56. The van der Waals surface area contributed by atoms with Crippen molar-refractivity contribution >= 4 is 0 Å². The first kappa shape index (κ1) is 11.6. The maximum atomic E-state index is 5.90. The highest BCUT2D eigenvalue weighted by molar-refractivity contribution is 5.70. The van der Waals surface area contributed by atoms with Gasteiger partial charge in [0.15, 0.2) is 0 Å². The van der Waals surface area contributed by atoms with E-state index in [9.17, 15) is 0 Å². The molecule has 2 rings (SSSR count). The van der Waals surface area contributed by atoms with Crippen LogP contribution in [0.25, 0.3) is 11.1 Å². The van der Waals surface area contributed by atoms with Gasteiger partial charge in [-0.25, -0.2) is 0 Å². The summed E-state index contributed by atoms with van der Waals surface area (Å²) in [5, 5.41) is 0. The molecule has 0 saturated carbocycles. The first-order chi connectivity index (χ1) is 8.22. The molecule has 0 radical (unpaired) electrons. The molecule has 3 nitrogen and oxygen atoms in total. The fourth-order valence-electron chi connectivity index (χ4n) is 1.76. The van der Waals surface area contributed by atoms with Crippen LogP contribution in [0.1, 0.15) is 18.5 Å². The average Bonchev–Trinajstić information content (AvgIpc) is 2.39. The highest BCUT2D eigenvalue weighted by atomic mass is 16.5. The summed E-state index contributed by atoms with van der Waals surface area (Å²) < 4.78 is 5.37. The van der Waals surface area contributed by atoms with Gasteiger partial charge in [0, 0.05) is 29.6 Å². The molecule has 0 fully saturated rings. The van der Waals surface area contributed by atoms with Crippen LogP contribution in [0.15, 0.2) is 42.7 Å². The van der Waals surface area contributed by atoms with Crippen molar-refractivity contribution in [3.63, 3.8) is 0 Å². The third-order valence-electron chi connectivity index (χ3n) is 2.72. The first-order valence-electron chi connectivity index (χ1n) is 5.56. The standard InChI is InChI=1S/C14H16N2O/c1-10(15)11-5-6-14(17-2)13(8-11)12-4-3-7-16-9-12/h3-10H,15H2,1-2H3. The lowest BCUT2D eigenvalue weighted by molar-refractivity contribution is 0.416. The molecule has 0 spiro atoms. The molecule has 1 heterocycles. The molecule has 3 heteroatoms. The number of nitrogens with two attached hydrogens (primary N) is 1. The number of pyridine rings is 1. The minimum Gasteiger partial charge on any atom is -0.496 e. The van der Waals surface area contributed by atoms with E-state index in [-0.39, 0.29) is 6.04 Å². The van der Waals surface area contributed by atoms with Crippen molar-refractivity contribution in [2.24, 2.45) is 5.73 Å². The van der Waals surface area contributed by atoms with E-state index >= 15 is 0 Å². The number of hydrogen-bond acceptors (Lipinski definition) is 3. The van der Waals surface area contributed by atoms with Gasteiger partial charge in [-0.2, -0.15) is 0 Å². The Morgan fingerprint density at radius 2 is 2.12 bits per heavy atom. The molecule has 0 aliphatic heterocycles. The molecule has 1 aromatic heterocycles. The SMILES string of the molecule is COc1ccc(C(C)N)cc1-c1cccnc1. The third-order valence-corrected chi connectivity index (χ3v) is 2.72. The van der Waals surface area contributed by atoms with Crippen LogP contribution in [-0.4, -0.2) is 12.1 Å². The van der Waals surface area contributed by atoms with Crippen LogP contribution in [0.4, 0.5) is 0 Å². The lowest BCUT2D eigenvalue weighted by atomic mass is 10.0. The highest BCUT2D eigenvalue weighted by Crippen LogP contribution is 2.31. The van der Waals surface area contributed by atoms with Crippen molar-refractivity contribution in [1.82, 2.24) is 4.98 Å². The van der Waals surface area contributed by atoms with E-state index in [4.69, 9.17) is 10.5 Å². The zero-order valence-electron chi connectivity index (χ0n) is 10.1. The summed E-state index contributed by atoms with van der Waals surface area (Å²) >= 11 is 0. The second kappa shape index (κ2) is 4.97. The molecule has 2 N–H and O–H groups in total. The van der Waals surface area contributed by atoms with E-state index in [2.05, 4.69) is 11.1 Å². The van der Waals surface area contributed by atoms with E-state index in [0.717, 1.165) is 22.4 Å². The molecule has 1 atom stereocenters. The molecule has 2 aromatic rings. The Morgan fingerprint density at radius 1 is 1.29 bits per heavy atom. The second-order valence-corrected chi connectivity index (χ2v) is 3.99. The minimum absolute atomic E-state index is 0.0105. The largest absolute Gasteiger partial charge is 0.496 e. The van der Waals surface area contributed by atoms with Gasteiger partial charge in [0.25, 0.3) is 0 Å². The van der Waals surface area contributed by atoms with Gasteiger partial charge in [0.1, 0.15) is 5.75 Å². The molecule has 1 unspecified atom stereocenters. The topological polar surface area (TPSA) is 48.1 Å². The quantitative estimate of drug-likeness (QED) is 0.878. The van der Waals surface area contributed by atoms with Crippen molar-refractivity contribution < 1.29 is 4.74 Å². The van der Waals surface area contributed by atoms with Gasteiger partial charge in [0.2, 0.25) is 0 Å². The Kier molecular flexibility index (Phi) is 3.40. The third kappa shape index (κ3) is 2.45. The summed E-state index contributed by atoms with van der Waals surface area (Å²) in [7, 11) is 1.67. The molecule has 0 bridgehead atoms. The lowest BCUT2D eigenvalue weighted by Crippen LogP contribution is -2.05. The van der Waals surface area contributed by atoms with Gasteiger partial charge in [-0.1, -0.05) is 12.1 Å². The van der Waals surface area contributed by atoms with Crippen molar-refractivity contribution in [1.29, 1.82) is 0 Å². The molecule has 0 saturated heterocycles. The van der Waals surface area contributed by atoms with E-state index < -0.39 is 0 Å². The molecule has 88 valence electrons. The number of nitrogens with zero attached hydrogens (tertiary/aromatic N) is 1. The van der Waals surface area contributed by atoms with Gasteiger partial charge >= 0.3 is 0 Å². The maximum absolute atomic E-state index is 5.90. The van der Waals surface area contributed by atoms with Crippen LogP contribution < -0.4 is 10.5 Å². The van der Waals surface area contributed by atoms with Crippen LogP contribution in [0, 0.1) is 0 Å². The van der Waals surface area contributed by atoms with E-state index in [0.29, 0.717) is 0 Å². The van der Waals surface area contributed by atoms with E-state index in [1.807, 2.05) is 37.4 Å². The van der Waals surface area contributed by atoms with E-state index in [1.54, 1.807) is 13.3 Å². The Bertz CT molecular complexity index is 495. The van der Waals surface area contributed by atoms with Crippen LogP contribution in [0.2, 0.25) is 0 Å². The second-order valence-electron chi connectivity index (χ2n) is 3.99. The number of methoxy groups -OCH3 is 1. The number of benzene rings is 1. The van der Waals surface area contributed by atoms with Crippen molar-refractivity contribution in [2.75, 3.05) is 7.11 Å². The van der Waals surface area contributed by atoms with Gasteiger partial charge in [0.05, 0.1) is 7.11 Å². The highest BCUT2D eigenvalue weighted by Gasteiger charge is 2.08. The number of ether oxygens (including phenoxy) is 1.